The number of carbonyl (C=O) groups is 3. The van der Waals surface area contributed by atoms with Crippen molar-refractivity contribution in [2.45, 2.75) is 33.6 Å². The van der Waals surface area contributed by atoms with Gasteiger partial charge >= 0.3 is 11.9 Å². The van der Waals surface area contributed by atoms with Crippen LogP contribution in [0.2, 0.25) is 0 Å². The molecular weight excluding hydrogens is 274 g/mol. The van der Waals surface area contributed by atoms with Gasteiger partial charge in [-0.05, 0) is 25.2 Å². The van der Waals surface area contributed by atoms with Gasteiger partial charge in [0.05, 0.1) is 24.4 Å². The van der Waals surface area contributed by atoms with Gasteiger partial charge < -0.3 is 14.7 Å². The van der Waals surface area contributed by atoms with Gasteiger partial charge in [-0.2, -0.15) is 0 Å². The lowest BCUT2D eigenvalue weighted by Gasteiger charge is -2.31. The molecule has 6 nitrogen and oxygen atoms in total. The Morgan fingerprint density at radius 3 is 2.19 bits per heavy atom. The fourth-order valence-electron chi connectivity index (χ4n) is 3.35. The first-order valence-electron chi connectivity index (χ1n) is 7.49. The van der Waals surface area contributed by atoms with Crippen molar-refractivity contribution in [3.63, 3.8) is 0 Å². The van der Waals surface area contributed by atoms with Crippen molar-refractivity contribution in [3.05, 3.63) is 0 Å². The third kappa shape index (κ3) is 2.89. The van der Waals surface area contributed by atoms with E-state index in [1.165, 1.54) is 0 Å². The molecule has 1 saturated carbocycles. The maximum absolute atomic E-state index is 12.4. The Labute approximate surface area is 124 Å². The van der Waals surface area contributed by atoms with Gasteiger partial charge in [-0.1, -0.05) is 13.8 Å². The van der Waals surface area contributed by atoms with Gasteiger partial charge in [0, 0.05) is 13.1 Å². The molecule has 2 unspecified atom stereocenters. The molecule has 21 heavy (non-hydrogen) atoms. The van der Waals surface area contributed by atoms with Crippen molar-refractivity contribution in [2.24, 2.45) is 23.2 Å². The van der Waals surface area contributed by atoms with Crippen molar-refractivity contribution in [1.29, 1.82) is 0 Å². The van der Waals surface area contributed by atoms with Gasteiger partial charge in [-0.25, -0.2) is 0 Å². The van der Waals surface area contributed by atoms with Crippen LogP contribution in [-0.2, 0) is 19.1 Å². The minimum atomic E-state index is -0.903. The number of carboxylic acid groups (broad SMARTS) is 1. The minimum absolute atomic E-state index is 0.0882. The van der Waals surface area contributed by atoms with Crippen LogP contribution in [0, 0.1) is 23.2 Å². The van der Waals surface area contributed by atoms with Crippen molar-refractivity contribution in [2.75, 3.05) is 19.7 Å². The average Bonchev–Trinajstić information content (AvgIpc) is 3.01. The summed E-state index contributed by atoms with van der Waals surface area (Å²) in [5.41, 5.74) is -0.471. The van der Waals surface area contributed by atoms with E-state index in [9.17, 15) is 14.4 Å². The van der Waals surface area contributed by atoms with Gasteiger partial charge in [-0.3, -0.25) is 14.4 Å². The number of carbonyl (C=O) groups excluding carboxylic acids is 2. The zero-order chi connectivity index (χ0) is 15.8. The molecule has 0 aromatic carbocycles. The van der Waals surface area contributed by atoms with E-state index in [1.54, 1.807) is 11.8 Å². The van der Waals surface area contributed by atoms with Crippen LogP contribution in [-0.4, -0.2) is 47.5 Å². The van der Waals surface area contributed by atoms with E-state index >= 15 is 0 Å². The van der Waals surface area contributed by atoms with Crippen molar-refractivity contribution in [1.82, 2.24) is 4.90 Å². The molecule has 2 aliphatic rings. The van der Waals surface area contributed by atoms with Gasteiger partial charge in [-0.15, -0.1) is 0 Å². The summed E-state index contributed by atoms with van der Waals surface area (Å²) in [5, 5.41) is 9.15. The number of hydrogen-bond donors (Lipinski definition) is 1. The molecule has 1 heterocycles. The molecule has 2 atom stereocenters. The zero-order valence-electron chi connectivity index (χ0n) is 12.8. The largest absolute Gasteiger partial charge is 0.481 e. The summed E-state index contributed by atoms with van der Waals surface area (Å²) in [7, 11) is 0. The van der Waals surface area contributed by atoms with E-state index in [0.717, 1.165) is 0 Å². The second-order valence-corrected chi connectivity index (χ2v) is 6.47. The molecule has 6 heteroatoms. The molecule has 0 aromatic rings. The van der Waals surface area contributed by atoms with E-state index in [2.05, 4.69) is 0 Å². The molecule has 0 aromatic heterocycles. The Morgan fingerprint density at radius 2 is 1.76 bits per heavy atom. The van der Waals surface area contributed by atoms with Gasteiger partial charge in [0.1, 0.15) is 0 Å². The van der Waals surface area contributed by atoms with Gasteiger partial charge in [0.25, 0.3) is 0 Å². The first-order chi connectivity index (χ1) is 9.80. The van der Waals surface area contributed by atoms with E-state index < -0.39 is 23.2 Å². The Balaban J connectivity index is 1.90. The molecule has 0 spiro atoms. The summed E-state index contributed by atoms with van der Waals surface area (Å²) in [5.74, 6) is -2.35. The first kappa shape index (κ1) is 15.8. The summed E-state index contributed by atoms with van der Waals surface area (Å²) in [6, 6.07) is 0. The number of likely N-dealkylation sites (tertiary alicyclic amines) is 1. The van der Waals surface area contributed by atoms with Crippen LogP contribution in [0.5, 0.6) is 0 Å². The van der Waals surface area contributed by atoms with Crippen LogP contribution < -0.4 is 0 Å². The highest BCUT2D eigenvalue weighted by atomic mass is 16.5. The smallest absolute Gasteiger partial charge is 0.309 e. The van der Waals surface area contributed by atoms with Crippen LogP contribution >= 0.6 is 0 Å². The zero-order valence-corrected chi connectivity index (χ0v) is 12.8. The van der Waals surface area contributed by atoms with Crippen LogP contribution in [0.4, 0.5) is 0 Å². The topological polar surface area (TPSA) is 83.9 Å². The molecule has 1 aliphatic carbocycles. The SMILES string of the molecule is CCOC(=O)C1CCN(C(=O)C2C(C(=O)O)C2(C)C)CC1. The first-order valence-corrected chi connectivity index (χ1v) is 7.49. The van der Waals surface area contributed by atoms with E-state index in [-0.39, 0.29) is 17.8 Å². The third-order valence-corrected chi connectivity index (χ3v) is 4.79. The van der Waals surface area contributed by atoms with Gasteiger partial charge in [0.2, 0.25) is 5.91 Å². The second kappa shape index (κ2) is 5.66. The molecule has 0 radical (unpaired) electrons. The third-order valence-electron chi connectivity index (χ3n) is 4.79. The summed E-state index contributed by atoms with van der Waals surface area (Å²) >= 11 is 0. The molecule has 0 bridgehead atoms. The summed E-state index contributed by atoms with van der Waals surface area (Å²) < 4.78 is 5.00. The van der Waals surface area contributed by atoms with Crippen LogP contribution in [0.25, 0.3) is 0 Å². The second-order valence-electron chi connectivity index (χ2n) is 6.47. The number of esters is 1. The molecule has 1 N–H and O–H groups in total. The van der Waals surface area contributed by atoms with Crippen molar-refractivity contribution >= 4 is 17.8 Å². The highest BCUT2D eigenvalue weighted by Crippen LogP contribution is 2.59. The van der Waals surface area contributed by atoms with Crippen LogP contribution in [0.15, 0.2) is 0 Å². The predicted octanol–water partition coefficient (Wildman–Crippen LogP) is 1.14. The van der Waals surface area contributed by atoms with Crippen molar-refractivity contribution < 1.29 is 24.2 Å². The van der Waals surface area contributed by atoms with E-state index in [0.29, 0.717) is 32.5 Å². The highest BCUT2D eigenvalue weighted by molar-refractivity contribution is 5.91. The number of rotatable bonds is 4. The molecule has 1 aliphatic heterocycles. The van der Waals surface area contributed by atoms with Crippen LogP contribution in [0.3, 0.4) is 0 Å². The Morgan fingerprint density at radius 1 is 1.19 bits per heavy atom. The molecular formula is C15H23NO5. The number of amides is 1. The molecule has 1 saturated heterocycles. The fraction of sp³-hybridized carbons (Fsp3) is 0.800. The number of ether oxygens (including phenoxy) is 1. The van der Waals surface area contributed by atoms with E-state index in [1.807, 2.05) is 13.8 Å². The van der Waals surface area contributed by atoms with Crippen LogP contribution in [0.1, 0.15) is 33.6 Å². The number of carboxylic acids is 1. The average molecular weight is 297 g/mol. The number of piperidine rings is 1. The van der Waals surface area contributed by atoms with Crippen molar-refractivity contribution in [3.8, 4) is 0 Å². The molecule has 118 valence electrons. The lowest BCUT2D eigenvalue weighted by molar-refractivity contribution is -0.151. The summed E-state index contributed by atoms with van der Waals surface area (Å²) in [6.45, 7) is 6.79. The molecule has 2 fully saturated rings. The van der Waals surface area contributed by atoms with E-state index in [4.69, 9.17) is 9.84 Å². The maximum Gasteiger partial charge on any atom is 0.309 e. The summed E-state index contributed by atoms with van der Waals surface area (Å²) in [4.78, 5) is 37.0. The minimum Gasteiger partial charge on any atom is -0.481 e. The Bertz CT molecular complexity index is 451. The summed E-state index contributed by atoms with van der Waals surface area (Å²) in [6.07, 6.45) is 1.19. The quantitative estimate of drug-likeness (QED) is 0.787. The number of nitrogens with zero attached hydrogens (tertiary/aromatic N) is 1. The highest BCUT2D eigenvalue weighted by Gasteiger charge is 2.66. The number of aliphatic carboxylic acids is 1. The van der Waals surface area contributed by atoms with Gasteiger partial charge in [0.15, 0.2) is 0 Å². The Kier molecular flexibility index (Phi) is 4.25. The lowest BCUT2D eigenvalue weighted by Crippen LogP contribution is -2.42. The standard InChI is InChI=1S/C15H23NO5/c1-4-21-14(20)9-5-7-16(8-6-9)12(17)10-11(13(18)19)15(10,2)3/h9-11H,4-8H2,1-3H3,(H,18,19). The predicted molar refractivity (Wildman–Crippen MR) is 74.3 cm³/mol. The molecule has 1 amide bonds. The normalized spacial score (nSPS) is 28.0. The number of hydrogen-bond acceptors (Lipinski definition) is 4. The fourth-order valence-corrected chi connectivity index (χ4v) is 3.35. The molecule has 2 rings (SSSR count). The Hall–Kier alpha value is -1.59. The lowest BCUT2D eigenvalue weighted by atomic mass is 9.96. The monoisotopic (exact) mass is 297 g/mol. The maximum atomic E-state index is 12.4.